The van der Waals surface area contributed by atoms with Crippen LogP contribution in [0.25, 0.3) is 98.5 Å². The Labute approximate surface area is 292 Å². The lowest BCUT2D eigenvalue weighted by Gasteiger charge is -2.15. The van der Waals surface area contributed by atoms with Crippen LogP contribution in [0.1, 0.15) is 0 Å². The molecule has 50 heavy (non-hydrogen) atoms. The smallest absolute Gasteiger partial charge is 0.164 e. The third kappa shape index (κ3) is 4.79. The van der Waals surface area contributed by atoms with Gasteiger partial charge < -0.3 is 4.42 Å². The van der Waals surface area contributed by atoms with E-state index in [0.717, 1.165) is 55.3 Å². The number of fused-ring (bicyclic) bond motifs is 6. The first-order chi connectivity index (χ1) is 24.8. The Morgan fingerprint density at radius 2 is 0.960 bits per heavy atom. The maximum atomic E-state index is 6.23. The molecule has 0 aliphatic rings. The minimum atomic E-state index is 0.621. The molecule has 10 aromatic rings. The molecule has 7 aromatic carbocycles. The second-order valence-electron chi connectivity index (χ2n) is 12.4. The first-order valence-corrected chi connectivity index (χ1v) is 17.4. The summed E-state index contributed by atoms with van der Waals surface area (Å²) in [5.41, 5.74) is 8.98. The van der Waals surface area contributed by atoms with E-state index in [9.17, 15) is 0 Å². The van der Waals surface area contributed by atoms with E-state index < -0.39 is 0 Å². The molecule has 10 rings (SSSR count). The first-order valence-electron chi connectivity index (χ1n) is 16.6. The lowest BCUT2D eigenvalue weighted by Crippen LogP contribution is -2.01. The van der Waals surface area contributed by atoms with Crippen LogP contribution in [-0.4, -0.2) is 15.0 Å². The molecule has 0 aliphatic heterocycles. The molecule has 5 heteroatoms. The molecule has 0 amide bonds. The van der Waals surface area contributed by atoms with E-state index >= 15 is 0 Å². The molecule has 0 fully saturated rings. The van der Waals surface area contributed by atoms with Crippen LogP contribution in [0.2, 0.25) is 0 Å². The van der Waals surface area contributed by atoms with E-state index in [1.807, 2.05) is 84.1 Å². The summed E-state index contributed by atoms with van der Waals surface area (Å²) in [5, 5.41) is 4.72. The van der Waals surface area contributed by atoms with Gasteiger partial charge in [-0.05, 0) is 64.7 Å². The van der Waals surface area contributed by atoms with Gasteiger partial charge in [0.25, 0.3) is 0 Å². The summed E-state index contributed by atoms with van der Waals surface area (Å²) >= 11 is 1.84. The maximum Gasteiger partial charge on any atom is 0.164 e. The molecule has 3 aromatic heterocycles. The van der Waals surface area contributed by atoms with E-state index in [0.29, 0.717) is 17.5 Å². The average molecular weight is 658 g/mol. The van der Waals surface area contributed by atoms with E-state index in [1.54, 1.807) is 0 Å². The van der Waals surface area contributed by atoms with Crippen LogP contribution in [-0.2, 0) is 0 Å². The van der Waals surface area contributed by atoms with Crippen molar-refractivity contribution in [2.24, 2.45) is 0 Å². The quantitative estimate of drug-likeness (QED) is 0.185. The zero-order chi connectivity index (χ0) is 33.0. The minimum absolute atomic E-state index is 0.621. The summed E-state index contributed by atoms with van der Waals surface area (Å²) in [4.78, 5) is 15.2. The van der Waals surface area contributed by atoms with E-state index in [2.05, 4.69) is 91.0 Å². The van der Waals surface area contributed by atoms with Gasteiger partial charge in [-0.2, -0.15) is 0 Å². The Morgan fingerprint density at radius 3 is 1.74 bits per heavy atom. The molecule has 0 N–H and O–H groups in total. The molecular weight excluding hydrogens is 631 g/mol. The van der Waals surface area contributed by atoms with Gasteiger partial charge in [-0.1, -0.05) is 121 Å². The number of thiophene rings is 1. The van der Waals surface area contributed by atoms with Crippen LogP contribution in [0.5, 0.6) is 0 Å². The second-order valence-corrected chi connectivity index (χ2v) is 13.5. The van der Waals surface area contributed by atoms with Gasteiger partial charge in [0.1, 0.15) is 11.2 Å². The summed E-state index contributed by atoms with van der Waals surface area (Å²) in [6, 6.07) is 56.9. The molecule has 0 atom stereocenters. The fourth-order valence-electron chi connectivity index (χ4n) is 6.98. The van der Waals surface area contributed by atoms with Crippen molar-refractivity contribution >= 4 is 53.4 Å². The highest BCUT2D eigenvalue weighted by Crippen LogP contribution is 2.43. The van der Waals surface area contributed by atoms with Crippen molar-refractivity contribution in [3.63, 3.8) is 0 Å². The SMILES string of the molecule is c1ccc(-c2nc(-c3ccccc3)nc(-c3ccc(-c4cccc5sc6ccccc6c45)cc3-c3ccc4oc5ccccc5c4c3)n2)cc1. The number of hydrogen-bond acceptors (Lipinski definition) is 5. The van der Waals surface area contributed by atoms with Gasteiger partial charge >= 0.3 is 0 Å². The van der Waals surface area contributed by atoms with Crippen LogP contribution in [0.4, 0.5) is 0 Å². The van der Waals surface area contributed by atoms with Gasteiger partial charge in [0.15, 0.2) is 17.5 Å². The monoisotopic (exact) mass is 657 g/mol. The van der Waals surface area contributed by atoms with Gasteiger partial charge in [-0.15, -0.1) is 11.3 Å². The first kappa shape index (κ1) is 28.6. The number of nitrogens with zero attached hydrogens (tertiary/aromatic N) is 3. The van der Waals surface area contributed by atoms with Crippen LogP contribution in [0.15, 0.2) is 168 Å². The molecule has 0 spiro atoms. The molecule has 0 saturated carbocycles. The zero-order valence-electron chi connectivity index (χ0n) is 26.7. The van der Waals surface area contributed by atoms with Crippen molar-refractivity contribution in [3.05, 3.63) is 164 Å². The van der Waals surface area contributed by atoms with Crippen molar-refractivity contribution in [3.8, 4) is 56.4 Å². The number of hydrogen-bond donors (Lipinski definition) is 0. The van der Waals surface area contributed by atoms with Crippen molar-refractivity contribution in [2.75, 3.05) is 0 Å². The summed E-state index contributed by atoms with van der Waals surface area (Å²) in [6.45, 7) is 0. The summed E-state index contributed by atoms with van der Waals surface area (Å²) in [5.74, 6) is 1.89. The third-order valence-corrected chi connectivity index (χ3v) is 10.5. The second kappa shape index (κ2) is 11.6. The zero-order valence-corrected chi connectivity index (χ0v) is 27.6. The fourth-order valence-corrected chi connectivity index (χ4v) is 8.12. The molecule has 0 saturated heterocycles. The highest BCUT2D eigenvalue weighted by molar-refractivity contribution is 7.25. The molecule has 0 radical (unpaired) electrons. The van der Waals surface area contributed by atoms with Crippen molar-refractivity contribution in [2.45, 2.75) is 0 Å². The molecule has 234 valence electrons. The van der Waals surface area contributed by atoms with Crippen LogP contribution in [0, 0.1) is 0 Å². The largest absolute Gasteiger partial charge is 0.456 e. The normalized spacial score (nSPS) is 11.6. The summed E-state index contributed by atoms with van der Waals surface area (Å²) < 4.78 is 8.79. The van der Waals surface area contributed by atoms with Crippen LogP contribution in [0.3, 0.4) is 0 Å². The van der Waals surface area contributed by atoms with Crippen molar-refractivity contribution < 1.29 is 4.42 Å². The Hall–Kier alpha value is -6.43. The van der Waals surface area contributed by atoms with Gasteiger partial charge in [0, 0.05) is 47.6 Å². The molecule has 0 aliphatic carbocycles. The Kier molecular flexibility index (Phi) is 6.64. The van der Waals surface area contributed by atoms with Gasteiger partial charge in [-0.3, -0.25) is 0 Å². The van der Waals surface area contributed by atoms with Crippen LogP contribution >= 0.6 is 11.3 Å². The highest BCUT2D eigenvalue weighted by Gasteiger charge is 2.19. The van der Waals surface area contributed by atoms with Gasteiger partial charge in [0.05, 0.1) is 0 Å². The Balaban J connectivity index is 1.25. The molecule has 3 heterocycles. The minimum Gasteiger partial charge on any atom is -0.456 e. The third-order valence-electron chi connectivity index (χ3n) is 9.36. The van der Waals surface area contributed by atoms with Crippen molar-refractivity contribution in [1.29, 1.82) is 0 Å². The average Bonchev–Trinajstić information content (AvgIpc) is 3.76. The predicted octanol–water partition coefficient (Wildman–Crippen LogP) is 12.5. The maximum absolute atomic E-state index is 6.23. The molecule has 0 unspecified atom stereocenters. The fraction of sp³-hybridized carbons (Fsp3) is 0. The predicted molar refractivity (Wildman–Crippen MR) is 207 cm³/mol. The number of rotatable bonds is 5. The van der Waals surface area contributed by atoms with E-state index in [4.69, 9.17) is 19.4 Å². The van der Waals surface area contributed by atoms with E-state index in [-0.39, 0.29) is 0 Å². The van der Waals surface area contributed by atoms with E-state index in [1.165, 1.54) is 25.7 Å². The van der Waals surface area contributed by atoms with Crippen molar-refractivity contribution in [1.82, 2.24) is 15.0 Å². The summed E-state index contributed by atoms with van der Waals surface area (Å²) in [6.07, 6.45) is 0. The lowest BCUT2D eigenvalue weighted by atomic mass is 9.91. The molecule has 4 nitrogen and oxygen atoms in total. The van der Waals surface area contributed by atoms with Gasteiger partial charge in [0.2, 0.25) is 0 Å². The molecular formula is C45H27N3OS. The lowest BCUT2D eigenvalue weighted by molar-refractivity contribution is 0.669. The Bertz CT molecular complexity index is 2820. The highest BCUT2D eigenvalue weighted by atomic mass is 32.1. The number of aromatic nitrogens is 3. The summed E-state index contributed by atoms with van der Waals surface area (Å²) in [7, 11) is 0. The molecule has 0 bridgehead atoms. The Morgan fingerprint density at radius 1 is 0.360 bits per heavy atom. The number of furan rings is 1. The van der Waals surface area contributed by atoms with Gasteiger partial charge in [-0.25, -0.2) is 15.0 Å². The van der Waals surface area contributed by atoms with Crippen LogP contribution < -0.4 is 0 Å². The standard InChI is InChI=1S/C45H27N3OS/c1-3-12-28(13-4-1)43-46-44(29-14-5-2-6-15-29)48-45(47-43)34-24-22-30(32-18-11-21-41-42(32)35-17-8-10-20-40(35)50-41)26-36(34)31-23-25-39-37(27-31)33-16-7-9-19-38(33)49-39/h1-27H. The number of benzene rings is 7. The number of para-hydroxylation sites is 1. The topological polar surface area (TPSA) is 51.8 Å².